The van der Waals surface area contributed by atoms with Crippen LogP contribution in [-0.4, -0.2) is 5.78 Å². The summed E-state index contributed by atoms with van der Waals surface area (Å²) in [6, 6.07) is 0. The number of fused-ring (bicyclic) bond motifs is 1. The molecule has 1 nitrogen and oxygen atoms in total. The van der Waals surface area contributed by atoms with Crippen molar-refractivity contribution in [2.75, 3.05) is 0 Å². The summed E-state index contributed by atoms with van der Waals surface area (Å²) in [7, 11) is 0. The average molecular weight is 178 g/mol. The molecule has 0 radical (unpaired) electrons. The third kappa shape index (κ3) is 1.34. The Morgan fingerprint density at radius 2 is 2.38 bits per heavy atom. The largest absolute Gasteiger partial charge is 0.295 e. The Balaban J connectivity index is 2.18. The third-order valence-corrected chi connectivity index (χ3v) is 3.81. The smallest absolute Gasteiger partial charge is 0.152 e. The van der Waals surface area contributed by atoms with Gasteiger partial charge in [0.15, 0.2) is 5.78 Å². The second-order valence-corrected chi connectivity index (χ2v) is 4.58. The van der Waals surface area contributed by atoms with Crippen molar-refractivity contribution >= 4 is 5.78 Å². The molecule has 0 aromatic rings. The van der Waals surface area contributed by atoms with E-state index in [9.17, 15) is 4.79 Å². The van der Waals surface area contributed by atoms with Gasteiger partial charge in [0.2, 0.25) is 0 Å². The van der Waals surface area contributed by atoms with Crippen molar-refractivity contribution in [1.29, 1.82) is 0 Å². The summed E-state index contributed by atoms with van der Waals surface area (Å²) in [5, 5.41) is 0. The van der Waals surface area contributed by atoms with Crippen molar-refractivity contribution < 1.29 is 4.79 Å². The SMILES string of the molecule is CCC(=CC(C)=O)C12CCCC1C2. The van der Waals surface area contributed by atoms with E-state index in [-0.39, 0.29) is 5.78 Å². The highest BCUT2D eigenvalue weighted by Crippen LogP contribution is 2.67. The van der Waals surface area contributed by atoms with Crippen molar-refractivity contribution in [2.45, 2.75) is 46.0 Å². The van der Waals surface area contributed by atoms with Crippen LogP contribution in [-0.2, 0) is 4.79 Å². The van der Waals surface area contributed by atoms with Crippen LogP contribution < -0.4 is 0 Å². The van der Waals surface area contributed by atoms with E-state index in [2.05, 4.69) is 6.92 Å². The lowest BCUT2D eigenvalue weighted by molar-refractivity contribution is -0.112. The summed E-state index contributed by atoms with van der Waals surface area (Å²) in [6.07, 6.45) is 8.43. The van der Waals surface area contributed by atoms with Crippen LogP contribution in [0.15, 0.2) is 11.6 Å². The summed E-state index contributed by atoms with van der Waals surface area (Å²) >= 11 is 0. The zero-order valence-electron chi connectivity index (χ0n) is 8.60. The Kier molecular flexibility index (Phi) is 2.05. The Bertz CT molecular complexity index is 264. The lowest BCUT2D eigenvalue weighted by Crippen LogP contribution is -2.04. The molecule has 2 fully saturated rings. The van der Waals surface area contributed by atoms with E-state index in [0.717, 1.165) is 12.3 Å². The summed E-state index contributed by atoms with van der Waals surface area (Å²) in [5.74, 6) is 1.15. The Labute approximate surface area is 80.2 Å². The minimum absolute atomic E-state index is 0.226. The molecule has 0 aromatic heterocycles. The minimum atomic E-state index is 0.226. The van der Waals surface area contributed by atoms with E-state index in [1.54, 1.807) is 6.92 Å². The molecular formula is C12H18O. The summed E-state index contributed by atoms with van der Waals surface area (Å²) in [4.78, 5) is 11.1. The maximum Gasteiger partial charge on any atom is 0.152 e. The molecule has 2 atom stereocenters. The summed E-state index contributed by atoms with van der Waals surface area (Å²) in [5.41, 5.74) is 1.93. The molecule has 2 aliphatic rings. The van der Waals surface area contributed by atoms with Crippen molar-refractivity contribution in [3.63, 3.8) is 0 Å². The standard InChI is InChI=1S/C12H18O/c1-3-10(7-9(2)13)12-6-4-5-11(12)8-12/h7,11H,3-6,8H2,1-2H3. The number of ketones is 1. The first-order valence-electron chi connectivity index (χ1n) is 5.40. The van der Waals surface area contributed by atoms with Gasteiger partial charge in [-0.15, -0.1) is 0 Å². The zero-order valence-corrected chi connectivity index (χ0v) is 8.60. The molecule has 0 heterocycles. The van der Waals surface area contributed by atoms with Crippen LogP contribution in [0.25, 0.3) is 0 Å². The summed E-state index contributed by atoms with van der Waals surface area (Å²) in [6.45, 7) is 3.84. The molecular weight excluding hydrogens is 160 g/mol. The summed E-state index contributed by atoms with van der Waals surface area (Å²) < 4.78 is 0. The van der Waals surface area contributed by atoms with Crippen molar-refractivity contribution in [3.8, 4) is 0 Å². The van der Waals surface area contributed by atoms with Gasteiger partial charge in [-0.25, -0.2) is 0 Å². The average Bonchev–Trinajstić information content (AvgIpc) is 2.65. The Hall–Kier alpha value is -0.590. The van der Waals surface area contributed by atoms with E-state index in [0.29, 0.717) is 5.41 Å². The number of carbonyl (C=O) groups excluding carboxylic acids is 1. The highest BCUT2D eigenvalue weighted by atomic mass is 16.1. The Morgan fingerprint density at radius 3 is 2.77 bits per heavy atom. The molecule has 13 heavy (non-hydrogen) atoms. The molecule has 0 bridgehead atoms. The van der Waals surface area contributed by atoms with E-state index in [4.69, 9.17) is 0 Å². The first-order valence-corrected chi connectivity index (χ1v) is 5.40. The molecule has 0 spiro atoms. The van der Waals surface area contributed by atoms with Gasteiger partial charge in [-0.1, -0.05) is 18.9 Å². The molecule has 0 N–H and O–H groups in total. The number of hydrogen-bond donors (Lipinski definition) is 0. The molecule has 0 aromatic carbocycles. The van der Waals surface area contributed by atoms with Crippen molar-refractivity contribution in [3.05, 3.63) is 11.6 Å². The van der Waals surface area contributed by atoms with Gasteiger partial charge in [-0.2, -0.15) is 0 Å². The van der Waals surface area contributed by atoms with Crippen LogP contribution in [0.4, 0.5) is 0 Å². The van der Waals surface area contributed by atoms with E-state index < -0.39 is 0 Å². The van der Waals surface area contributed by atoms with Gasteiger partial charge in [-0.05, 0) is 50.0 Å². The topological polar surface area (TPSA) is 17.1 Å². The van der Waals surface area contributed by atoms with Gasteiger partial charge in [0, 0.05) is 0 Å². The van der Waals surface area contributed by atoms with Crippen LogP contribution in [0, 0.1) is 11.3 Å². The fraction of sp³-hybridized carbons (Fsp3) is 0.750. The molecule has 72 valence electrons. The van der Waals surface area contributed by atoms with Gasteiger partial charge >= 0.3 is 0 Å². The fourth-order valence-electron chi connectivity index (χ4n) is 3.13. The van der Waals surface area contributed by atoms with Gasteiger partial charge in [-0.3, -0.25) is 4.79 Å². The normalized spacial score (nSPS) is 37.4. The molecule has 2 rings (SSSR count). The lowest BCUT2D eigenvalue weighted by atomic mass is 9.90. The van der Waals surface area contributed by atoms with Crippen molar-refractivity contribution in [1.82, 2.24) is 0 Å². The van der Waals surface area contributed by atoms with Gasteiger partial charge in [0.25, 0.3) is 0 Å². The van der Waals surface area contributed by atoms with Crippen LogP contribution in [0.3, 0.4) is 0 Å². The molecule has 0 aliphatic heterocycles. The van der Waals surface area contributed by atoms with E-state index in [1.807, 2.05) is 6.08 Å². The van der Waals surface area contributed by atoms with Gasteiger partial charge in [0.1, 0.15) is 0 Å². The second kappa shape index (κ2) is 2.97. The van der Waals surface area contributed by atoms with Crippen LogP contribution in [0.2, 0.25) is 0 Å². The second-order valence-electron chi connectivity index (χ2n) is 4.58. The zero-order chi connectivity index (χ0) is 9.47. The minimum Gasteiger partial charge on any atom is -0.295 e. The molecule has 0 amide bonds. The quantitative estimate of drug-likeness (QED) is 0.607. The molecule has 0 saturated heterocycles. The molecule has 2 aliphatic carbocycles. The molecule has 2 saturated carbocycles. The monoisotopic (exact) mass is 178 g/mol. The van der Waals surface area contributed by atoms with Gasteiger partial charge < -0.3 is 0 Å². The number of rotatable bonds is 3. The number of hydrogen-bond acceptors (Lipinski definition) is 1. The predicted molar refractivity (Wildman–Crippen MR) is 53.4 cm³/mol. The highest BCUT2D eigenvalue weighted by Gasteiger charge is 2.57. The molecule has 1 heteroatoms. The third-order valence-electron chi connectivity index (χ3n) is 3.81. The first-order chi connectivity index (χ1) is 6.19. The maximum absolute atomic E-state index is 11.1. The maximum atomic E-state index is 11.1. The Morgan fingerprint density at radius 1 is 1.62 bits per heavy atom. The fourth-order valence-corrected chi connectivity index (χ4v) is 3.13. The first kappa shape index (κ1) is 8.98. The van der Waals surface area contributed by atoms with E-state index in [1.165, 1.54) is 31.3 Å². The van der Waals surface area contributed by atoms with Crippen molar-refractivity contribution in [2.24, 2.45) is 11.3 Å². The highest BCUT2D eigenvalue weighted by molar-refractivity contribution is 5.88. The predicted octanol–water partition coefficient (Wildman–Crippen LogP) is 3.10. The van der Waals surface area contributed by atoms with E-state index >= 15 is 0 Å². The van der Waals surface area contributed by atoms with Gasteiger partial charge in [0.05, 0.1) is 0 Å². The van der Waals surface area contributed by atoms with Crippen LogP contribution in [0.5, 0.6) is 0 Å². The molecule has 2 unspecified atom stereocenters. The van der Waals surface area contributed by atoms with Crippen LogP contribution >= 0.6 is 0 Å². The number of allylic oxidation sites excluding steroid dienone is 2. The lowest BCUT2D eigenvalue weighted by Gasteiger charge is -2.14. The van der Waals surface area contributed by atoms with Crippen LogP contribution in [0.1, 0.15) is 46.0 Å². The number of carbonyl (C=O) groups is 1.